The first-order chi connectivity index (χ1) is 19.7. The molecule has 1 fully saturated rings. The molecule has 5 rings (SSSR count). The lowest BCUT2D eigenvalue weighted by Crippen LogP contribution is -2.38. The average molecular weight is 570 g/mol. The molecule has 13 heteroatoms. The first kappa shape index (κ1) is 28.0. The molecule has 216 valence electrons. The Morgan fingerprint density at radius 1 is 1.20 bits per heavy atom. The lowest BCUT2D eigenvalue weighted by atomic mass is 10.00. The van der Waals surface area contributed by atoms with Crippen molar-refractivity contribution in [3.05, 3.63) is 65.1 Å². The van der Waals surface area contributed by atoms with Crippen LogP contribution in [0.15, 0.2) is 42.6 Å². The van der Waals surface area contributed by atoms with Gasteiger partial charge in [0.25, 0.3) is 18.2 Å². The maximum Gasteiger partial charge on any atom is 0.255 e. The second-order valence-electron chi connectivity index (χ2n) is 9.91. The lowest BCUT2D eigenvalue weighted by Gasteiger charge is -2.32. The number of halogens is 3. The summed E-state index contributed by atoms with van der Waals surface area (Å²) in [5.41, 5.74) is 14.6. The van der Waals surface area contributed by atoms with Gasteiger partial charge in [-0.25, -0.2) is 17.9 Å². The number of piperidine rings is 1. The van der Waals surface area contributed by atoms with Crippen LogP contribution in [0.4, 0.5) is 19.0 Å². The fourth-order valence-electron chi connectivity index (χ4n) is 5.40. The van der Waals surface area contributed by atoms with Crippen molar-refractivity contribution in [2.45, 2.75) is 31.9 Å². The standard InChI is InChI=1S/C28H30F3N7O3/c1-41-21-5-3-16(29)12-20(21)28(40)35-13-15-2-4-18(19-6-9-34-24(15)19)25-23(27(33)39)26(32)38(36-25)17-7-10-37(11-8-17)14-22(30)31/h2-6,9,12,17,22,34H,7-8,10-11,13-14,32H2,1H3,(H2,33,39)(H,35,40). The van der Waals surface area contributed by atoms with Gasteiger partial charge < -0.3 is 26.5 Å². The Bertz CT molecular complexity index is 1590. The molecular weight excluding hydrogens is 539 g/mol. The molecule has 0 radical (unpaired) electrons. The van der Waals surface area contributed by atoms with Crippen molar-refractivity contribution in [3.8, 4) is 17.0 Å². The van der Waals surface area contributed by atoms with Gasteiger partial charge in [-0.3, -0.25) is 14.5 Å². The Labute approximate surface area is 233 Å². The summed E-state index contributed by atoms with van der Waals surface area (Å²) in [5, 5.41) is 8.21. The first-order valence-electron chi connectivity index (χ1n) is 13.1. The van der Waals surface area contributed by atoms with E-state index in [0.29, 0.717) is 42.7 Å². The largest absolute Gasteiger partial charge is 0.496 e. The maximum atomic E-state index is 13.8. The Kier molecular flexibility index (Phi) is 7.88. The quantitative estimate of drug-likeness (QED) is 0.242. The predicted molar refractivity (Wildman–Crippen MR) is 147 cm³/mol. The van der Waals surface area contributed by atoms with E-state index < -0.39 is 24.1 Å². The average Bonchev–Trinajstić information content (AvgIpc) is 3.57. The van der Waals surface area contributed by atoms with E-state index in [-0.39, 0.29) is 41.8 Å². The van der Waals surface area contributed by atoms with Crippen molar-refractivity contribution < 1.29 is 27.5 Å². The molecule has 4 aromatic rings. The van der Waals surface area contributed by atoms with Crippen molar-refractivity contribution in [3.63, 3.8) is 0 Å². The number of methoxy groups -OCH3 is 1. The highest BCUT2D eigenvalue weighted by atomic mass is 19.3. The Hall–Kier alpha value is -4.52. The fourth-order valence-corrected chi connectivity index (χ4v) is 5.40. The number of nitrogen functional groups attached to an aromatic ring is 1. The molecule has 6 N–H and O–H groups in total. The zero-order valence-corrected chi connectivity index (χ0v) is 22.3. The van der Waals surface area contributed by atoms with Gasteiger partial charge in [-0.15, -0.1) is 0 Å². The number of ether oxygens (including phenoxy) is 1. The number of carbonyl (C=O) groups is 2. The Balaban J connectivity index is 1.43. The molecule has 1 aliphatic rings. The van der Waals surface area contributed by atoms with Gasteiger partial charge in [0, 0.05) is 36.8 Å². The SMILES string of the molecule is COc1ccc(F)cc1C(=O)NCc1ccc(-c2nn(C3CCN(CC(F)F)CC3)c(N)c2C(N)=O)c2cc[nH]c12. The Morgan fingerprint density at radius 3 is 2.63 bits per heavy atom. The van der Waals surface area contributed by atoms with Crippen LogP contribution in [-0.4, -0.2) is 64.6 Å². The summed E-state index contributed by atoms with van der Waals surface area (Å²) in [4.78, 5) is 30.2. The van der Waals surface area contributed by atoms with Crippen LogP contribution < -0.4 is 21.5 Å². The van der Waals surface area contributed by atoms with Crippen LogP contribution in [0, 0.1) is 5.82 Å². The number of amides is 2. The predicted octanol–water partition coefficient (Wildman–Crippen LogP) is 3.69. The van der Waals surface area contributed by atoms with Gasteiger partial charge in [-0.2, -0.15) is 5.10 Å². The maximum absolute atomic E-state index is 13.8. The van der Waals surface area contributed by atoms with E-state index in [1.54, 1.807) is 27.9 Å². The van der Waals surface area contributed by atoms with Gasteiger partial charge in [0.15, 0.2) is 0 Å². The second kappa shape index (κ2) is 11.5. The van der Waals surface area contributed by atoms with E-state index >= 15 is 0 Å². The molecule has 1 saturated heterocycles. The molecule has 2 amide bonds. The smallest absolute Gasteiger partial charge is 0.255 e. The summed E-state index contributed by atoms with van der Waals surface area (Å²) >= 11 is 0. The number of benzene rings is 2. The van der Waals surface area contributed by atoms with E-state index in [1.165, 1.54) is 19.2 Å². The summed E-state index contributed by atoms with van der Waals surface area (Å²) in [6, 6.07) is 8.89. The topological polar surface area (TPSA) is 144 Å². The molecule has 1 aliphatic heterocycles. The van der Waals surface area contributed by atoms with Gasteiger partial charge in [-0.05, 0) is 42.7 Å². The summed E-state index contributed by atoms with van der Waals surface area (Å²) in [6.45, 7) is 0.748. The van der Waals surface area contributed by atoms with Crippen LogP contribution in [0.1, 0.15) is 45.2 Å². The van der Waals surface area contributed by atoms with E-state index in [1.807, 2.05) is 6.07 Å². The van der Waals surface area contributed by atoms with Gasteiger partial charge in [0.05, 0.1) is 30.8 Å². The number of likely N-dealkylation sites (tertiary alicyclic amines) is 1. The van der Waals surface area contributed by atoms with Crippen LogP contribution in [0.5, 0.6) is 5.75 Å². The number of aromatic amines is 1. The van der Waals surface area contributed by atoms with Crippen LogP contribution in [0.2, 0.25) is 0 Å². The highest BCUT2D eigenvalue weighted by molar-refractivity contribution is 6.07. The van der Waals surface area contributed by atoms with Gasteiger partial charge >= 0.3 is 0 Å². The molecule has 0 spiro atoms. The molecule has 0 unspecified atom stereocenters. The lowest BCUT2D eigenvalue weighted by molar-refractivity contribution is 0.0692. The molecule has 2 aromatic heterocycles. The van der Waals surface area contributed by atoms with Crippen molar-refractivity contribution in [1.82, 2.24) is 25.0 Å². The van der Waals surface area contributed by atoms with Crippen molar-refractivity contribution >= 4 is 28.5 Å². The fraction of sp³-hybridized carbons (Fsp3) is 0.321. The van der Waals surface area contributed by atoms with Gasteiger partial charge in [-0.1, -0.05) is 12.1 Å². The van der Waals surface area contributed by atoms with Crippen LogP contribution in [-0.2, 0) is 6.54 Å². The summed E-state index contributed by atoms with van der Waals surface area (Å²) < 4.78 is 46.1. The number of nitrogens with zero attached hydrogens (tertiary/aromatic N) is 3. The van der Waals surface area contributed by atoms with E-state index in [2.05, 4.69) is 10.3 Å². The normalized spacial score (nSPS) is 14.6. The van der Waals surface area contributed by atoms with Crippen molar-refractivity contribution in [2.24, 2.45) is 5.73 Å². The van der Waals surface area contributed by atoms with Crippen LogP contribution in [0.25, 0.3) is 22.2 Å². The molecule has 41 heavy (non-hydrogen) atoms. The minimum atomic E-state index is -2.40. The first-order valence-corrected chi connectivity index (χ1v) is 13.1. The van der Waals surface area contributed by atoms with E-state index in [9.17, 15) is 22.8 Å². The number of H-pyrrole nitrogens is 1. The Morgan fingerprint density at radius 2 is 1.95 bits per heavy atom. The summed E-state index contributed by atoms with van der Waals surface area (Å²) in [6.07, 6.45) is 0.409. The van der Waals surface area contributed by atoms with Crippen LogP contribution >= 0.6 is 0 Å². The number of anilines is 1. The number of aromatic nitrogens is 3. The van der Waals surface area contributed by atoms with Gasteiger partial charge in [0.2, 0.25) is 0 Å². The van der Waals surface area contributed by atoms with E-state index in [4.69, 9.17) is 21.3 Å². The molecule has 0 bridgehead atoms. The third-order valence-corrected chi connectivity index (χ3v) is 7.40. The van der Waals surface area contributed by atoms with Crippen molar-refractivity contribution in [1.29, 1.82) is 0 Å². The number of hydrogen-bond donors (Lipinski definition) is 4. The number of fused-ring (bicyclic) bond motifs is 1. The molecule has 0 saturated carbocycles. The second-order valence-corrected chi connectivity index (χ2v) is 9.91. The number of rotatable bonds is 9. The third-order valence-electron chi connectivity index (χ3n) is 7.40. The number of nitrogens with one attached hydrogen (secondary N) is 2. The number of primary amides is 1. The van der Waals surface area contributed by atoms with Crippen LogP contribution in [0.3, 0.4) is 0 Å². The highest BCUT2D eigenvalue weighted by Gasteiger charge is 2.29. The molecule has 0 atom stereocenters. The zero-order chi connectivity index (χ0) is 29.3. The zero-order valence-electron chi connectivity index (χ0n) is 22.3. The third kappa shape index (κ3) is 5.57. The summed E-state index contributed by atoms with van der Waals surface area (Å²) in [7, 11) is 1.40. The van der Waals surface area contributed by atoms with Gasteiger partial charge in [0.1, 0.15) is 28.6 Å². The van der Waals surface area contributed by atoms with E-state index in [0.717, 1.165) is 17.0 Å². The monoisotopic (exact) mass is 569 g/mol. The summed E-state index contributed by atoms with van der Waals surface area (Å²) in [5.74, 6) is -1.43. The highest BCUT2D eigenvalue weighted by Crippen LogP contribution is 2.36. The number of hydrogen-bond acceptors (Lipinski definition) is 6. The minimum Gasteiger partial charge on any atom is -0.496 e. The molecule has 0 aliphatic carbocycles. The number of carbonyl (C=O) groups excluding carboxylic acids is 2. The molecule has 2 aromatic carbocycles. The molecular formula is C28H30F3N7O3. The minimum absolute atomic E-state index is 0.0685. The number of nitrogens with two attached hydrogens (primary N) is 2. The molecule has 10 nitrogen and oxygen atoms in total. The molecule has 3 heterocycles. The van der Waals surface area contributed by atoms with Crippen molar-refractivity contribution in [2.75, 3.05) is 32.5 Å². The number of alkyl halides is 2.